The van der Waals surface area contributed by atoms with Gasteiger partial charge in [-0.3, -0.25) is 9.88 Å². The number of aromatic nitrogens is 1. The van der Waals surface area contributed by atoms with Gasteiger partial charge in [-0.25, -0.2) is 0 Å². The van der Waals surface area contributed by atoms with Crippen LogP contribution in [-0.2, 0) is 6.54 Å². The summed E-state index contributed by atoms with van der Waals surface area (Å²) in [4.78, 5) is 7.15. The van der Waals surface area contributed by atoms with Crippen LogP contribution in [0.4, 0.5) is 0 Å². The third-order valence-corrected chi connectivity index (χ3v) is 5.33. The van der Waals surface area contributed by atoms with Crippen molar-refractivity contribution in [3.05, 3.63) is 29.6 Å². The second-order valence-electron chi connectivity index (χ2n) is 7.03. The number of nitrogens with two attached hydrogens (primary N) is 1. The van der Waals surface area contributed by atoms with Gasteiger partial charge in [0, 0.05) is 24.3 Å². The van der Waals surface area contributed by atoms with Crippen LogP contribution in [0.25, 0.3) is 0 Å². The van der Waals surface area contributed by atoms with E-state index in [0.717, 1.165) is 24.5 Å². The molecule has 2 unspecified atom stereocenters. The van der Waals surface area contributed by atoms with E-state index in [1.54, 1.807) is 0 Å². The summed E-state index contributed by atoms with van der Waals surface area (Å²) < 4.78 is 0. The van der Waals surface area contributed by atoms with E-state index in [2.05, 4.69) is 55.9 Å². The van der Waals surface area contributed by atoms with Gasteiger partial charge in [-0.2, -0.15) is 0 Å². The van der Waals surface area contributed by atoms with Gasteiger partial charge in [0.25, 0.3) is 0 Å². The Morgan fingerprint density at radius 1 is 1.38 bits per heavy atom. The summed E-state index contributed by atoms with van der Waals surface area (Å²) in [6.07, 6.45) is 5.17. The van der Waals surface area contributed by atoms with Crippen LogP contribution in [0.15, 0.2) is 18.2 Å². The van der Waals surface area contributed by atoms with Gasteiger partial charge in [0.05, 0.1) is 5.69 Å². The smallest absolute Gasteiger partial charge is 0.0547 e. The van der Waals surface area contributed by atoms with Crippen molar-refractivity contribution >= 4 is 0 Å². The van der Waals surface area contributed by atoms with Crippen LogP contribution in [-0.4, -0.2) is 29.0 Å². The largest absolute Gasteiger partial charge is 0.329 e. The second kappa shape index (κ2) is 6.89. The first kappa shape index (κ1) is 16.4. The molecule has 2 atom stereocenters. The molecule has 0 spiro atoms. The molecule has 1 fully saturated rings. The third-order valence-electron chi connectivity index (χ3n) is 5.33. The normalized spacial score (nSPS) is 26.5. The molecule has 1 saturated carbocycles. The summed E-state index contributed by atoms with van der Waals surface area (Å²) in [7, 11) is 2.23. The lowest BCUT2D eigenvalue weighted by Crippen LogP contribution is -2.59. The zero-order valence-electron chi connectivity index (χ0n) is 14.1. The van der Waals surface area contributed by atoms with E-state index in [9.17, 15) is 0 Å². The van der Waals surface area contributed by atoms with Crippen molar-refractivity contribution in [2.24, 2.45) is 17.6 Å². The minimum Gasteiger partial charge on any atom is -0.329 e. The zero-order chi connectivity index (χ0) is 15.5. The highest BCUT2D eigenvalue weighted by atomic mass is 15.2. The highest BCUT2D eigenvalue weighted by Gasteiger charge is 2.44. The number of hydrogen-bond donors (Lipinski definition) is 1. The van der Waals surface area contributed by atoms with E-state index in [1.807, 2.05) is 0 Å². The lowest BCUT2D eigenvalue weighted by molar-refractivity contribution is -0.00253. The van der Waals surface area contributed by atoms with Gasteiger partial charge in [0.1, 0.15) is 0 Å². The fourth-order valence-corrected chi connectivity index (χ4v) is 4.17. The maximum atomic E-state index is 6.29. The van der Waals surface area contributed by atoms with Gasteiger partial charge in [-0.15, -0.1) is 0 Å². The Balaban J connectivity index is 2.21. The van der Waals surface area contributed by atoms with Crippen LogP contribution in [0.2, 0.25) is 0 Å². The monoisotopic (exact) mass is 289 g/mol. The van der Waals surface area contributed by atoms with Crippen molar-refractivity contribution in [1.82, 2.24) is 9.88 Å². The topological polar surface area (TPSA) is 42.1 Å². The maximum Gasteiger partial charge on any atom is 0.0547 e. The lowest BCUT2D eigenvalue weighted by atomic mass is 9.67. The van der Waals surface area contributed by atoms with Crippen molar-refractivity contribution in [2.45, 2.75) is 58.5 Å². The summed E-state index contributed by atoms with van der Waals surface area (Å²) >= 11 is 0. The van der Waals surface area contributed by atoms with E-state index in [1.165, 1.54) is 25.7 Å². The molecule has 2 N–H and O–H groups in total. The average Bonchev–Trinajstić information content (AvgIpc) is 2.46. The van der Waals surface area contributed by atoms with Crippen LogP contribution in [0.1, 0.15) is 50.9 Å². The molecule has 3 nitrogen and oxygen atoms in total. The summed E-state index contributed by atoms with van der Waals surface area (Å²) in [6.45, 7) is 8.39. The van der Waals surface area contributed by atoms with Crippen molar-refractivity contribution in [2.75, 3.05) is 13.6 Å². The molecule has 21 heavy (non-hydrogen) atoms. The van der Waals surface area contributed by atoms with Gasteiger partial charge in [0.15, 0.2) is 0 Å². The Bertz CT molecular complexity index is 458. The predicted molar refractivity (Wildman–Crippen MR) is 89.0 cm³/mol. The summed E-state index contributed by atoms with van der Waals surface area (Å²) in [5, 5.41) is 0. The molecule has 1 aliphatic carbocycles. The van der Waals surface area contributed by atoms with Crippen molar-refractivity contribution < 1.29 is 0 Å². The summed E-state index contributed by atoms with van der Waals surface area (Å²) in [5.41, 5.74) is 8.67. The molecule has 118 valence electrons. The quantitative estimate of drug-likeness (QED) is 0.903. The number of pyridine rings is 1. The van der Waals surface area contributed by atoms with Crippen molar-refractivity contribution in [3.8, 4) is 0 Å². The average molecular weight is 289 g/mol. The van der Waals surface area contributed by atoms with Gasteiger partial charge < -0.3 is 5.73 Å². The standard InChI is InChI=1S/C18H31N3/c1-14(2)17-10-5-6-11-18(17,13-19)21(4)12-16-9-7-8-15(3)20-16/h7-9,14,17H,5-6,10-13,19H2,1-4H3. The van der Waals surface area contributed by atoms with E-state index in [-0.39, 0.29) is 5.54 Å². The fourth-order valence-electron chi connectivity index (χ4n) is 4.17. The highest BCUT2D eigenvalue weighted by Crippen LogP contribution is 2.41. The number of nitrogens with zero attached hydrogens (tertiary/aromatic N) is 2. The molecule has 0 aliphatic heterocycles. The summed E-state index contributed by atoms with van der Waals surface area (Å²) in [6, 6.07) is 6.28. The number of rotatable bonds is 5. The molecule has 1 aliphatic rings. The Morgan fingerprint density at radius 3 is 2.76 bits per heavy atom. The van der Waals surface area contributed by atoms with Gasteiger partial charge >= 0.3 is 0 Å². The molecular weight excluding hydrogens is 258 g/mol. The second-order valence-corrected chi connectivity index (χ2v) is 7.03. The zero-order valence-corrected chi connectivity index (χ0v) is 14.1. The Morgan fingerprint density at radius 2 is 2.14 bits per heavy atom. The Kier molecular flexibility index (Phi) is 5.39. The molecule has 0 saturated heterocycles. The molecule has 1 aromatic heterocycles. The molecule has 3 heteroatoms. The van der Waals surface area contributed by atoms with Crippen molar-refractivity contribution in [1.29, 1.82) is 0 Å². The van der Waals surface area contributed by atoms with E-state index in [0.29, 0.717) is 11.8 Å². The molecule has 2 rings (SSSR count). The Labute approximate surface area is 129 Å². The lowest BCUT2D eigenvalue weighted by Gasteiger charge is -2.51. The molecule has 0 bridgehead atoms. The third kappa shape index (κ3) is 3.46. The van der Waals surface area contributed by atoms with E-state index in [4.69, 9.17) is 5.73 Å². The molecule has 1 aromatic rings. The van der Waals surface area contributed by atoms with Gasteiger partial charge in [0.2, 0.25) is 0 Å². The first-order valence-electron chi connectivity index (χ1n) is 8.33. The van der Waals surface area contributed by atoms with Crippen LogP contribution in [0, 0.1) is 18.8 Å². The van der Waals surface area contributed by atoms with E-state index >= 15 is 0 Å². The molecule has 0 amide bonds. The number of aryl methyl sites for hydroxylation is 1. The molecular formula is C18H31N3. The van der Waals surface area contributed by atoms with Crippen LogP contribution >= 0.6 is 0 Å². The summed E-state index contributed by atoms with van der Waals surface area (Å²) in [5.74, 6) is 1.37. The minimum atomic E-state index is 0.137. The van der Waals surface area contributed by atoms with Gasteiger partial charge in [-0.1, -0.05) is 32.8 Å². The van der Waals surface area contributed by atoms with E-state index < -0.39 is 0 Å². The van der Waals surface area contributed by atoms with Crippen LogP contribution in [0.5, 0.6) is 0 Å². The molecule has 0 radical (unpaired) electrons. The van der Waals surface area contributed by atoms with Crippen LogP contribution < -0.4 is 5.73 Å². The molecule has 0 aromatic carbocycles. The number of hydrogen-bond acceptors (Lipinski definition) is 3. The first-order valence-corrected chi connectivity index (χ1v) is 8.33. The predicted octanol–water partition coefficient (Wildman–Crippen LogP) is 3.37. The first-order chi connectivity index (χ1) is 9.99. The minimum absolute atomic E-state index is 0.137. The Hall–Kier alpha value is -0.930. The number of likely N-dealkylation sites (N-methyl/N-ethyl adjacent to an activating group) is 1. The van der Waals surface area contributed by atoms with Crippen molar-refractivity contribution in [3.63, 3.8) is 0 Å². The van der Waals surface area contributed by atoms with Crippen LogP contribution in [0.3, 0.4) is 0 Å². The fraction of sp³-hybridized carbons (Fsp3) is 0.722. The maximum absolute atomic E-state index is 6.29. The van der Waals surface area contributed by atoms with Gasteiger partial charge in [-0.05, 0) is 50.8 Å². The molecule has 1 heterocycles. The SMILES string of the molecule is Cc1cccc(CN(C)C2(CN)CCCCC2C(C)C)n1. The highest BCUT2D eigenvalue weighted by molar-refractivity contribution is 5.11.